The molecule has 154 valence electrons. The van der Waals surface area contributed by atoms with Crippen LogP contribution < -0.4 is 5.73 Å². The Hall–Kier alpha value is -2.83. The van der Waals surface area contributed by atoms with E-state index in [0.29, 0.717) is 22.7 Å². The first kappa shape index (κ1) is 24.2. The van der Waals surface area contributed by atoms with Crippen molar-refractivity contribution in [3.63, 3.8) is 0 Å². The smallest absolute Gasteiger partial charge is 0.158 e. The molecule has 1 heterocycles. The Kier molecular flexibility index (Phi) is 10.5. The quantitative estimate of drug-likeness (QED) is 0.584. The predicted molar refractivity (Wildman–Crippen MR) is 113 cm³/mol. The number of amidine groups is 1. The summed E-state index contributed by atoms with van der Waals surface area (Å²) in [6.07, 6.45) is 4.04. The van der Waals surface area contributed by atoms with Crippen molar-refractivity contribution in [3.8, 4) is 6.07 Å². The summed E-state index contributed by atoms with van der Waals surface area (Å²) in [6, 6.07) is 6.18. The number of hydrogen-bond acceptors (Lipinski definition) is 6. The lowest BCUT2D eigenvalue weighted by molar-refractivity contribution is 0.277. The van der Waals surface area contributed by atoms with Crippen LogP contribution in [0.4, 0.5) is 8.78 Å². The fourth-order valence-electron chi connectivity index (χ4n) is 2.18. The largest absolute Gasteiger partial charge is 0.388 e. The molecule has 29 heavy (non-hydrogen) atoms. The third-order valence-electron chi connectivity index (χ3n) is 3.42. The zero-order valence-electron chi connectivity index (χ0n) is 16.7. The van der Waals surface area contributed by atoms with Crippen LogP contribution in [0.3, 0.4) is 0 Å². The second-order valence-corrected chi connectivity index (χ2v) is 7.30. The van der Waals surface area contributed by atoms with Crippen LogP contribution in [0.2, 0.25) is 0 Å². The van der Waals surface area contributed by atoms with Crippen LogP contribution in [0.25, 0.3) is 11.9 Å². The Morgan fingerprint density at radius 2 is 2.07 bits per heavy atom. The van der Waals surface area contributed by atoms with Crippen molar-refractivity contribution >= 4 is 28.8 Å². The van der Waals surface area contributed by atoms with E-state index in [1.807, 2.05) is 13.0 Å². The minimum atomic E-state index is -0.621. The molecule has 2 rings (SSSR count). The molecule has 2 N–H and O–H groups in total. The molecule has 0 spiro atoms. The lowest BCUT2D eigenvalue weighted by Gasteiger charge is -2.11. The van der Waals surface area contributed by atoms with Gasteiger partial charge in [0.15, 0.2) is 16.7 Å². The van der Waals surface area contributed by atoms with E-state index in [1.54, 1.807) is 27.3 Å². The first-order valence-electron chi connectivity index (χ1n) is 8.51. The number of ether oxygens (including phenoxy) is 1. The maximum atomic E-state index is 14.3. The van der Waals surface area contributed by atoms with E-state index in [1.165, 1.54) is 42.4 Å². The van der Waals surface area contributed by atoms with Gasteiger partial charge in [0.05, 0.1) is 12.4 Å². The highest BCUT2D eigenvalue weighted by atomic mass is 32.2. The second kappa shape index (κ2) is 12.6. The zero-order valence-corrected chi connectivity index (χ0v) is 17.5. The van der Waals surface area contributed by atoms with E-state index in [4.69, 9.17) is 11.0 Å². The Bertz CT molecular complexity index is 895. The molecule has 1 atom stereocenters. The van der Waals surface area contributed by atoms with Crippen LogP contribution in [-0.2, 0) is 11.2 Å². The van der Waals surface area contributed by atoms with Crippen molar-refractivity contribution in [2.24, 2.45) is 10.7 Å². The van der Waals surface area contributed by atoms with Gasteiger partial charge in [-0.15, -0.1) is 0 Å². The molecule has 0 amide bonds. The SMILES string of the molecule is CN=C(N)SC(C)Cc1cc(/C=C(\F)c2cnc(C#N)cn2)ccc1F.COC. The molecule has 1 aromatic carbocycles. The molecule has 0 fully saturated rings. The molecule has 0 saturated carbocycles. The first-order valence-corrected chi connectivity index (χ1v) is 9.39. The number of nitriles is 1. The summed E-state index contributed by atoms with van der Waals surface area (Å²) in [7, 11) is 4.84. The summed E-state index contributed by atoms with van der Waals surface area (Å²) in [6.45, 7) is 1.91. The van der Waals surface area contributed by atoms with E-state index >= 15 is 0 Å². The van der Waals surface area contributed by atoms with E-state index < -0.39 is 5.83 Å². The highest BCUT2D eigenvalue weighted by Crippen LogP contribution is 2.22. The molecule has 0 radical (unpaired) electrons. The Morgan fingerprint density at radius 3 is 2.62 bits per heavy atom. The Balaban J connectivity index is 0.00000132. The summed E-state index contributed by atoms with van der Waals surface area (Å²) < 4.78 is 32.6. The average Bonchev–Trinajstić information content (AvgIpc) is 2.71. The van der Waals surface area contributed by atoms with E-state index in [-0.39, 0.29) is 22.5 Å². The monoisotopic (exact) mass is 419 g/mol. The molecule has 1 unspecified atom stereocenters. The average molecular weight is 420 g/mol. The number of aromatic nitrogens is 2. The molecule has 0 aliphatic rings. The maximum Gasteiger partial charge on any atom is 0.158 e. The minimum absolute atomic E-state index is 0.00531. The molecule has 2 aromatic rings. The van der Waals surface area contributed by atoms with Crippen LogP contribution in [0, 0.1) is 17.1 Å². The molecule has 0 aliphatic carbocycles. The predicted octanol–water partition coefficient (Wildman–Crippen LogP) is 3.83. The van der Waals surface area contributed by atoms with Gasteiger partial charge in [-0.25, -0.2) is 18.7 Å². The molecule has 0 aliphatic heterocycles. The van der Waals surface area contributed by atoms with Gasteiger partial charge in [-0.3, -0.25) is 4.99 Å². The summed E-state index contributed by atoms with van der Waals surface area (Å²) in [4.78, 5) is 11.5. The number of nitrogens with two attached hydrogens (primary N) is 1. The van der Waals surface area contributed by atoms with Crippen molar-refractivity contribution in [1.82, 2.24) is 9.97 Å². The normalized spacial score (nSPS) is 12.6. The van der Waals surface area contributed by atoms with Gasteiger partial charge in [-0.1, -0.05) is 24.8 Å². The van der Waals surface area contributed by atoms with Gasteiger partial charge in [0.1, 0.15) is 17.6 Å². The summed E-state index contributed by atoms with van der Waals surface area (Å²) in [5, 5.41) is 9.13. The number of methoxy groups -OCH3 is 1. The van der Waals surface area contributed by atoms with Gasteiger partial charge in [-0.2, -0.15) is 5.26 Å². The Morgan fingerprint density at radius 1 is 1.38 bits per heavy atom. The standard InChI is InChI=1S/C18H17F2N5S.C2H6O/c1-11(26-18(22)23-2)5-13-6-12(3-4-15(13)19)7-16(20)17-10-24-14(8-21)9-25-17;1-3-2/h3-4,6-7,9-11H,5H2,1-2H3,(H2,22,23);1-2H3/b16-7-;. The lowest BCUT2D eigenvalue weighted by Crippen LogP contribution is -2.13. The highest BCUT2D eigenvalue weighted by molar-refractivity contribution is 8.14. The zero-order chi connectivity index (χ0) is 21.8. The number of benzene rings is 1. The van der Waals surface area contributed by atoms with Crippen molar-refractivity contribution in [3.05, 3.63) is 58.9 Å². The molecule has 6 nitrogen and oxygen atoms in total. The fourth-order valence-corrected chi connectivity index (χ4v) is 2.96. The molecule has 9 heteroatoms. The fraction of sp³-hybridized carbons (Fsp3) is 0.300. The third-order valence-corrected chi connectivity index (χ3v) is 4.42. The van der Waals surface area contributed by atoms with Gasteiger partial charge >= 0.3 is 0 Å². The molecule has 0 bridgehead atoms. The van der Waals surface area contributed by atoms with Crippen LogP contribution in [0.5, 0.6) is 0 Å². The summed E-state index contributed by atoms with van der Waals surface area (Å²) >= 11 is 1.35. The topological polar surface area (TPSA) is 97.2 Å². The lowest BCUT2D eigenvalue weighted by atomic mass is 10.1. The van der Waals surface area contributed by atoms with Gasteiger partial charge in [-0.05, 0) is 35.8 Å². The molecular formula is C20H23F2N5OS. The van der Waals surface area contributed by atoms with Gasteiger partial charge < -0.3 is 10.5 Å². The summed E-state index contributed by atoms with van der Waals surface area (Å²) in [5.74, 6) is -0.982. The summed E-state index contributed by atoms with van der Waals surface area (Å²) in [5.41, 5.74) is 6.74. The van der Waals surface area contributed by atoms with Crippen LogP contribution in [0.1, 0.15) is 29.4 Å². The molecule has 0 saturated heterocycles. The Labute approximate surface area is 173 Å². The van der Waals surface area contributed by atoms with Crippen molar-refractivity contribution < 1.29 is 13.5 Å². The van der Waals surface area contributed by atoms with E-state index in [0.717, 1.165) is 0 Å². The van der Waals surface area contributed by atoms with Crippen molar-refractivity contribution in [1.29, 1.82) is 5.26 Å². The second-order valence-electron chi connectivity index (χ2n) is 5.84. The highest BCUT2D eigenvalue weighted by Gasteiger charge is 2.11. The van der Waals surface area contributed by atoms with E-state index in [9.17, 15) is 8.78 Å². The first-order chi connectivity index (χ1) is 13.8. The van der Waals surface area contributed by atoms with Gasteiger partial charge in [0.2, 0.25) is 0 Å². The van der Waals surface area contributed by atoms with Crippen LogP contribution >= 0.6 is 11.8 Å². The number of halogens is 2. The van der Waals surface area contributed by atoms with Gasteiger partial charge in [0.25, 0.3) is 0 Å². The maximum absolute atomic E-state index is 14.3. The van der Waals surface area contributed by atoms with Crippen LogP contribution in [-0.4, -0.2) is 41.7 Å². The number of thioether (sulfide) groups is 1. The van der Waals surface area contributed by atoms with Crippen LogP contribution in [0.15, 0.2) is 35.6 Å². The molecular weight excluding hydrogens is 396 g/mol. The molecule has 1 aromatic heterocycles. The van der Waals surface area contributed by atoms with Crippen molar-refractivity contribution in [2.45, 2.75) is 18.6 Å². The van der Waals surface area contributed by atoms with Gasteiger partial charge in [0, 0.05) is 26.5 Å². The number of aliphatic imine (C=N–C) groups is 1. The van der Waals surface area contributed by atoms with E-state index in [2.05, 4.69) is 19.7 Å². The number of rotatable bonds is 5. The number of hydrogen-bond donors (Lipinski definition) is 1. The number of nitrogens with zero attached hydrogens (tertiary/aromatic N) is 4. The minimum Gasteiger partial charge on any atom is -0.388 e. The third kappa shape index (κ3) is 8.37. The van der Waals surface area contributed by atoms with Crippen molar-refractivity contribution in [2.75, 3.05) is 21.3 Å².